The van der Waals surface area contributed by atoms with E-state index in [2.05, 4.69) is 119 Å². The van der Waals surface area contributed by atoms with E-state index < -0.39 is 0 Å². The topological polar surface area (TPSA) is 15.3 Å². The molecular weight excluding hydrogens is 376 g/mol. The Kier molecular flexibility index (Phi) is 7.30. The Morgan fingerprint density at radius 1 is 0.968 bits per heavy atom. The van der Waals surface area contributed by atoms with Gasteiger partial charge < -0.3 is 10.2 Å². The molecule has 1 aliphatic heterocycles. The maximum Gasteiger partial charge on any atom is 0.0450 e. The van der Waals surface area contributed by atoms with Crippen LogP contribution in [0.3, 0.4) is 0 Å². The second-order valence-corrected chi connectivity index (χ2v) is 9.83. The number of anilines is 2. The lowest BCUT2D eigenvalue weighted by Crippen LogP contribution is -2.26. The van der Waals surface area contributed by atoms with E-state index in [1.54, 1.807) is 0 Å². The van der Waals surface area contributed by atoms with Crippen molar-refractivity contribution in [2.45, 2.75) is 71.6 Å². The molecule has 0 saturated heterocycles. The number of hydrogen-bond acceptors (Lipinski definition) is 2. The highest BCUT2D eigenvalue weighted by molar-refractivity contribution is 5.70. The third-order valence-electron chi connectivity index (χ3n) is 6.49. The van der Waals surface area contributed by atoms with E-state index in [0.29, 0.717) is 0 Å². The zero-order valence-electron chi connectivity index (χ0n) is 20.3. The minimum atomic E-state index is 0.0301. The minimum absolute atomic E-state index is 0.0301. The third kappa shape index (κ3) is 4.89. The van der Waals surface area contributed by atoms with Crippen LogP contribution in [0, 0.1) is 0 Å². The standard InChI is InChI=1S/C29H40N2/c1-7-21-30-25-17-11-9-15-23(25)28(3,4)20-14-13-19-27-29(5,6)24-16-10-12-18-26(24)31(27)22-8-2/h9-19,30H,7-8,20-22H2,1-6H3/b14-13+,27-19+. The van der Waals surface area contributed by atoms with Crippen LogP contribution < -0.4 is 10.2 Å². The minimum Gasteiger partial charge on any atom is -0.385 e. The fourth-order valence-electron chi connectivity index (χ4n) is 4.72. The predicted octanol–water partition coefficient (Wildman–Crippen LogP) is 7.82. The van der Waals surface area contributed by atoms with Crippen molar-refractivity contribution in [2.24, 2.45) is 0 Å². The van der Waals surface area contributed by atoms with E-state index >= 15 is 0 Å². The lowest BCUT2D eigenvalue weighted by Gasteiger charge is -2.27. The number of allylic oxidation sites excluding steroid dienone is 4. The molecule has 0 aromatic heterocycles. The van der Waals surface area contributed by atoms with Crippen molar-refractivity contribution in [3.63, 3.8) is 0 Å². The number of nitrogens with one attached hydrogen (secondary N) is 1. The molecule has 0 bridgehead atoms. The molecule has 2 aromatic carbocycles. The molecule has 1 heterocycles. The molecule has 0 aliphatic carbocycles. The van der Waals surface area contributed by atoms with Crippen molar-refractivity contribution in [1.29, 1.82) is 0 Å². The number of nitrogens with zero attached hydrogens (tertiary/aromatic N) is 1. The summed E-state index contributed by atoms with van der Waals surface area (Å²) in [6, 6.07) is 17.6. The van der Waals surface area contributed by atoms with Gasteiger partial charge in [-0.2, -0.15) is 0 Å². The van der Waals surface area contributed by atoms with E-state index in [1.807, 2.05) is 0 Å². The van der Waals surface area contributed by atoms with E-state index in [1.165, 1.54) is 28.2 Å². The largest absolute Gasteiger partial charge is 0.385 e. The quantitative estimate of drug-likeness (QED) is 0.448. The normalized spacial score (nSPS) is 16.8. The lowest BCUT2D eigenvalue weighted by atomic mass is 9.80. The molecule has 3 rings (SSSR count). The first-order chi connectivity index (χ1) is 14.8. The van der Waals surface area contributed by atoms with Gasteiger partial charge in [-0.05, 0) is 54.0 Å². The van der Waals surface area contributed by atoms with Gasteiger partial charge in [-0.1, -0.05) is 90.1 Å². The highest BCUT2D eigenvalue weighted by atomic mass is 15.2. The van der Waals surface area contributed by atoms with Gasteiger partial charge in [-0.3, -0.25) is 0 Å². The van der Waals surface area contributed by atoms with Crippen LogP contribution in [0.25, 0.3) is 0 Å². The van der Waals surface area contributed by atoms with Gasteiger partial charge in [0, 0.05) is 35.6 Å². The second kappa shape index (κ2) is 9.77. The van der Waals surface area contributed by atoms with Crippen LogP contribution in [0.5, 0.6) is 0 Å². The number of benzene rings is 2. The SMILES string of the molecule is CCCNc1ccccc1C(C)(C)C/C=C/C=C1/N(CCC)c2ccccc2C1(C)C. The maximum absolute atomic E-state index is 3.60. The first-order valence-corrected chi connectivity index (χ1v) is 11.9. The summed E-state index contributed by atoms with van der Waals surface area (Å²) in [5.41, 5.74) is 6.95. The third-order valence-corrected chi connectivity index (χ3v) is 6.49. The van der Waals surface area contributed by atoms with Crippen LogP contribution >= 0.6 is 0 Å². The van der Waals surface area contributed by atoms with Crippen molar-refractivity contribution in [2.75, 3.05) is 23.3 Å². The summed E-state index contributed by atoms with van der Waals surface area (Å²) in [5.74, 6) is 0. The molecule has 0 spiro atoms. The average molecular weight is 417 g/mol. The predicted molar refractivity (Wildman–Crippen MR) is 137 cm³/mol. The van der Waals surface area contributed by atoms with Gasteiger partial charge in [-0.15, -0.1) is 0 Å². The molecule has 2 nitrogen and oxygen atoms in total. The highest BCUT2D eigenvalue weighted by Crippen LogP contribution is 2.47. The maximum atomic E-state index is 3.60. The molecule has 31 heavy (non-hydrogen) atoms. The smallest absolute Gasteiger partial charge is 0.0450 e. The molecule has 0 unspecified atom stereocenters. The van der Waals surface area contributed by atoms with Gasteiger partial charge in [0.1, 0.15) is 0 Å². The summed E-state index contributed by atoms with van der Waals surface area (Å²) in [7, 11) is 0. The van der Waals surface area contributed by atoms with Gasteiger partial charge >= 0.3 is 0 Å². The zero-order chi connectivity index (χ0) is 22.5. The first-order valence-electron chi connectivity index (χ1n) is 11.9. The summed E-state index contributed by atoms with van der Waals surface area (Å²) < 4.78 is 0. The first kappa shape index (κ1) is 23.2. The Balaban J connectivity index is 1.81. The van der Waals surface area contributed by atoms with Crippen LogP contribution in [-0.2, 0) is 10.8 Å². The van der Waals surface area contributed by atoms with Gasteiger partial charge in [0.25, 0.3) is 0 Å². The summed E-state index contributed by atoms with van der Waals surface area (Å²) in [6.45, 7) is 15.9. The molecule has 0 radical (unpaired) electrons. The molecular formula is C29H40N2. The Bertz CT molecular complexity index is 933. The Labute approximate surface area is 190 Å². The summed E-state index contributed by atoms with van der Waals surface area (Å²) >= 11 is 0. The fourth-order valence-corrected chi connectivity index (χ4v) is 4.72. The number of hydrogen-bond donors (Lipinski definition) is 1. The van der Waals surface area contributed by atoms with Gasteiger partial charge in [-0.25, -0.2) is 0 Å². The zero-order valence-corrected chi connectivity index (χ0v) is 20.3. The molecule has 1 aliphatic rings. The number of rotatable bonds is 9. The molecule has 1 N–H and O–H groups in total. The molecule has 2 heteroatoms. The summed E-state index contributed by atoms with van der Waals surface area (Å²) in [4.78, 5) is 2.51. The molecule has 0 saturated carbocycles. The molecule has 2 aromatic rings. The van der Waals surface area contributed by atoms with Crippen LogP contribution in [-0.4, -0.2) is 13.1 Å². The monoisotopic (exact) mass is 416 g/mol. The Morgan fingerprint density at radius 3 is 2.42 bits per heavy atom. The number of fused-ring (bicyclic) bond motifs is 1. The molecule has 0 amide bonds. The van der Waals surface area contributed by atoms with Crippen molar-refractivity contribution < 1.29 is 0 Å². The van der Waals surface area contributed by atoms with Crippen molar-refractivity contribution in [3.05, 3.63) is 83.6 Å². The molecule has 166 valence electrons. The van der Waals surface area contributed by atoms with E-state index in [4.69, 9.17) is 0 Å². The van der Waals surface area contributed by atoms with Crippen molar-refractivity contribution in [3.8, 4) is 0 Å². The Morgan fingerprint density at radius 2 is 1.68 bits per heavy atom. The average Bonchev–Trinajstić information content (AvgIpc) is 2.97. The van der Waals surface area contributed by atoms with Crippen molar-refractivity contribution >= 4 is 11.4 Å². The van der Waals surface area contributed by atoms with Crippen molar-refractivity contribution in [1.82, 2.24) is 0 Å². The second-order valence-electron chi connectivity index (χ2n) is 9.83. The summed E-state index contributed by atoms with van der Waals surface area (Å²) in [5, 5.41) is 3.60. The van der Waals surface area contributed by atoms with Gasteiger partial charge in [0.2, 0.25) is 0 Å². The van der Waals surface area contributed by atoms with Gasteiger partial charge in [0.05, 0.1) is 0 Å². The highest BCUT2D eigenvalue weighted by Gasteiger charge is 2.39. The number of para-hydroxylation sites is 2. The van der Waals surface area contributed by atoms with E-state index in [0.717, 1.165) is 32.4 Å². The Hall–Kier alpha value is -2.48. The molecule has 0 atom stereocenters. The van der Waals surface area contributed by atoms with Crippen LogP contribution in [0.15, 0.2) is 72.5 Å². The molecule has 0 fully saturated rings. The fraction of sp³-hybridized carbons (Fsp3) is 0.448. The summed E-state index contributed by atoms with van der Waals surface area (Å²) in [6.07, 6.45) is 10.2. The van der Waals surface area contributed by atoms with Crippen LogP contribution in [0.2, 0.25) is 0 Å². The van der Waals surface area contributed by atoms with Crippen LogP contribution in [0.4, 0.5) is 11.4 Å². The lowest BCUT2D eigenvalue weighted by molar-refractivity contribution is 0.535. The van der Waals surface area contributed by atoms with Crippen LogP contribution in [0.1, 0.15) is 71.9 Å². The van der Waals surface area contributed by atoms with Gasteiger partial charge in [0.15, 0.2) is 0 Å². The van der Waals surface area contributed by atoms with E-state index in [9.17, 15) is 0 Å². The van der Waals surface area contributed by atoms with E-state index in [-0.39, 0.29) is 10.8 Å².